The summed E-state index contributed by atoms with van der Waals surface area (Å²) >= 11 is 0. The molecule has 5 N–H and O–H groups in total. The highest BCUT2D eigenvalue weighted by Gasteiger charge is 2.19. The highest BCUT2D eigenvalue weighted by molar-refractivity contribution is 5.85. The smallest absolute Gasteiger partial charge is 0.328 e. The zero-order chi connectivity index (χ0) is 12.6. The van der Waals surface area contributed by atoms with Gasteiger partial charge in [0, 0.05) is 13.5 Å². The summed E-state index contributed by atoms with van der Waals surface area (Å²) in [6, 6.07) is -0.642. The lowest BCUT2D eigenvalue weighted by Gasteiger charge is -2.14. The van der Waals surface area contributed by atoms with Crippen molar-refractivity contribution in [3.63, 3.8) is 0 Å². The van der Waals surface area contributed by atoms with Crippen molar-refractivity contribution in [3.05, 3.63) is 0 Å². The van der Waals surface area contributed by atoms with Crippen molar-refractivity contribution in [2.45, 2.75) is 25.8 Å². The molecule has 8 heteroatoms. The maximum absolute atomic E-state index is 11.3. The molecule has 1 unspecified atom stereocenters. The molecule has 0 fully saturated rings. The topological polar surface area (TPSA) is 120 Å². The van der Waals surface area contributed by atoms with E-state index >= 15 is 0 Å². The van der Waals surface area contributed by atoms with E-state index in [9.17, 15) is 9.59 Å². The van der Waals surface area contributed by atoms with E-state index in [0.29, 0.717) is 19.4 Å². The number of carbonyl (C=O) groups is 2. The van der Waals surface area contributed by atoms with Crippen LogP contribution in [0.15, 0.2) is 4.99 Å². The van der Waals surface area contributed by atoms with E-state index in [0.717, 1.165) is 0 Å². The van der Waals surface area contributed by atoms with Crippen LogP contribution in [0.4, 0.5) is 0 Å². The van der Waals surface area contributed by atoms with Gasteiger partial charge in [-0.05, 0) is 12.8 Å². The average Bonchev–Trinajstić information content (AvgIpc) is 2.20. The molecule has 0 aromatic heterocycles. The lowest BCUT2D eigenvalue weighted by atomic mass is 10.1. The Morgan fingerprint density at radius 2 is 2.00 bits per heavy atom. The summed E-state index contributed by atoms with van der Waals surface area (Å²) in [6.07, 6.45) is 1.01. The normalized spacial score (nSPS) is 10.7. The Kier molecular flexibility index (Phi) is 10.2. The number of nitrogens with two attached hydrogens (primary N) is 2. The van der Waals surface area contributed by atoms with Crippen molar-refractivity contribution in [3.8, 4) is 0 Å². The Hall–Kier alpha value is -1.50. The molecule has 0 radical (unpaired) electrons. The minimum absolute atomic E-state index is 0. The number of nitrogens with one attached hydrogen (secondary N) is 1. The third-order valence-electron chi connectivity index (χ3n) is 1.81. The van der Waals surface area contributed by atoms with E-state index in [1.807, 2.05) is 0 Å². The van der Waals surface area contributed by atoms with Crippen LogP contribution in [-0.4, -0.2) is 37.5 Å². The summed E-state index contributed by atoms with van der Waals surface area (Å²) in [7, 11) is 1.27. The standard InChI is InChI=1S/C9H18N4O3.ClH/c1-6(14)13-7(8(15)16-2)4-3-5-12-9(10)11;/h7H,3-5H2,1-2H3,(H,13,14)(H4,10,11,12);1H. The summed E-state index contributed by atoms with van der Waals surface area (Å²) in [5, 5.41) is 2.49. The monoisotopic (exact) mass is 266 g/mol. The Labute approximate surface area is 106 Å². The maximum Gasteiger partial charge on any atom is 0.328 e. The number of halogens is 1. The molecular weight excluding hydrogens is 248 g/mol. The first kappa shape index (κ1) is 17.9. The van der Waals surface area contributed by atoms with Crippen molar-refractivity contribution < 1.29 is 14.3 Å². The van der Waals surface area contributed by atoms with Gasteiger partial charge >= 0.3 is 5.97 Å². The van der Waals surface area contributed by atoms with Gasteiger partial charge in [-0.25, -0.2) is 4.79 Å². The first-order valence-electron chi connectivity index (χ1n) is 4.87. The molecule has 0 spiro atoms. The zero-order valence-electron chi connectivity index (χ0n) is 9.93. The molecule has 100 valence electrons. The van der Waals surface area contributed by atoms with Crippen LogP contribution in [0.3, 0.4) is 0 Å². The second-order valence-corrected chi connectivity index (χ2v) is 3.23. The van der Waals surface area contributed by atoms with E-state index in [4.69, 9.17) is 11.5 Å². The molecule has 0 saturated carbocycles. The van der Waals surface area contributed by atoms with Gasteiger partial charge in [-0.1, -0.05) is 0 Å². The summed E-state index contributed by atoms with van der Waals surface area (Å²) in [4.78, 5) is 25.9. The highest BCUT2D eigenvalue weighted by atomic mass is 35.5. The first-order chi connectivity index (χ1) is 7.47. The van der Waals surface area contributed by atoms with Gasteiger partial charge in [0.1, 0.15) is 6.04 Å². The van der Waals surface area contributed by atoms with Crippen LogP contribution in [0.2, 0.25) is 0 Å². The minimum atomic E-state index is -0.642. The fourth-order valence-corrected chi connectivity index (χ4v) is 1.14. The van der Waals surface area contributed by atoms with Crippen molar-refractivity contribution in [1.29, 1.82) is 0 Å². The number of nitrogens with zero attached hydrogens (tertiary/aromatic N) is 1. The summed E-state index contributed by atoms with van der Waals surface area (Å²) in [5.74, 6) is -0.744. The summed E-state index contributed by atoms with van der Waals surface area (Å²) < 4.78 is 4.55. The Morgan fingerprint density at radius 3 is 2.41 bits per heavy atom. The quantitative estimate of drug-likeness (QED) is 0.250. The molecule has 17 heavy (non-hydrogen) atoms. The molecule has 0 aliphatic carbocycles. The van der Waals surface area contributed by atoms with Gasteiger partial charge in [0.2, 0.25) is 5.91 Å². The summed E-state index contributed by atoms with van der Waals surface area (Å²) in [6.45, 7) is 1.75. The molecule has 0 rings (SSSR count). The van der Waals surface area contributed by atoms with Crippen LogP contribution < -0.4 is 16.8 Å². The van der Waals surface area contributed by atoms with Gasteiger partial charge in [-0.15, -0.1) is 12.4 Å². The van der Waals surface area contributed by atoms with E-state index in [1.165, 1.54) is 14.0 Å². The third kappa shape index (κ3) is 9.43. The first-order valence-corrected chi connectivity index (χ1v) is 4.87. The van der Waals surface area contributed by atoms with Crippen LogP contribution in [0.5, 0.6) is 0 Å². The Balaban J connectivity index is 0. The van der Waals surface area contributed by atoms with Crippen molar-refractivity contribution in [2.75, 3.05) is 13.7 Å². The molecule has 0 bridgehead atoms. The number of rotatable bonds is 6. The van der Waals surface area contributed by atoms with Gasteiger partial charge in [-0.2, -0.15) is 0 Å². The zero-order valence-corrected chi connectivity index (χ0v) is 10.8. The lowest BCUT2D eigenvalue weighted by Crippen LogP contribution is -2.40. The second-order valence-electron chi connectivity index (χ2n) is 3.23. The number of amides is 1. The van der Waals surface area contributed by atoms with Gasteiger partial charge < -0.3 is 21.5 Å². The van der Waals surface area contributed by atoms with Gasteiger partial charge in [-0.3, -0.25) is 9.79 Å². The van der Waals surface area contributed by atoms with Crippen LogP contribution in [-0.2, 0) is 14.3 Å². The number of carbonyl (C=O) groups excluding carboxylic acids is 2. The molecule has 0 aliphatic heterocycles. The minimum Gasteiger partial charge on any atom is -0.467 e. The van der Waals surface area contributed by atoms with E-state index < -0.39 is 12.0 Å². The fraction of sp³-hybridized carbons (Fsp3) is 0.667. The Bertz CT molecular complexity index is 279. The molecule has 1 atom stereocenters. The maximum atomic E-state index is 11.3. The van der Waals surface area contributed by atoms with Gasteiger partial charge in [0.05, 0.1) is 7.11 Å². The lowest BCUT2D eigenvalue weighted by molar-refractivity contribution is -0.145. The fourth-order valence-electron chi connectivity index (χ4n) is 1.14. The molecule has 7 nitrogen and oxygen atoms in total. The van der Waals surface area contributed by atoms with Crippen LogP contribution >= 0.6 is 12.4 Å². The predicted octanol–water partition coefficient (Wildman–Crippen LogP) is -0.860. The third-order valence-corrected chi connectivity index (χ3v) is 1.81. The molecule has 0 aliphatic rings. The summed E-state index contributed by atoms with van der Waals surface area (Å²) in [5.41, 5.74) is 10.3. The number of ether oxygens (including phenoxy) is 1. The average molecular weight is 267 g/mol. The van der Waals surface area contributed by atoms with E-state index in [2.05, 4.69) is 15.0 Å². The molecule has 0 aromatic carbocycles. The predicted molar refractivity (Wildman–Crippen MR) is 66.8 cm³/mol. The number of guanidine groups is 1. The molecule has 0 saturated heterocycles. The number of hydrogen-bond donors (Lipinski definition) is 3. The highest BCUT2D eigenvalue weighted by Crippen LogP contribution is 2.00. The Morgan fingerprint density at radius 1 is 1.41 bits per heavy atom. The van der Waals surface area contributed by atoms with Gasteiger partial charge in [0.25, 0.3) is 0 Å². The molecule has 0 heterocycles. The molecule has 0 aromatic rings. The number of esters is 1. The number of methoxy groups -OCH3 is 1. The SMILES string of the molecule is COC(=O)C(CCCN=C(N)N)NC(C)=O.Cl. The second kappa shape index (κ2) is 9.71. The van der Waals surface area contributed by atoms with Crippen molar-refractivity contribution in [2.24, 2.45) is 16.5 Å². The van der Waals surface area contributed by atoms with Crippen LogP contribution in [0, 0.1) is 0 Å². The molecular formula is C9H19ClN4O3. The van der Waals surface area contributed by atoms with E-state index in [-0.39, 0.29) is 24.3 Å². The van der Waals surface area contributed by atoms with Crippen LogP contribution in [0.1, 0.15) is 19.8 Å². The van der Waals surface area contributed by atoms with E-state index in [1.54, 1.807) is 0 Å². The number of hydrogen-bond acceptors (Lipinski definition) is 4. The molecule has 1 amide bonds. The van der Waals surface area contributed by atoms with Crippen LogP contribution in [0.25, 0.3) is 0 Å². The number of aliphatic imine (C=N–C) groups is 1. The van der Waals surface area contributed by atoms with Crippen molar-refractivity contribution in [1.82, 2.24) is 5.32 Å². The van der Waals surface area contributed by atoms with Crippen molar-refractivity contribution >= 4 is 30.2 Å². The van der Waals surface area contributed by atoms with Gasteiger partial charge in [0.15, 0.2) is 5.96 Å². The largest absolute Gasteiger partial charge is 0.467 e.